The summed E-state index contributed by atoms with van der Waals surface area (Å²) in [6, 6.07) is 14.1. The third-order valence-electron chi connectivity index (χ3n) is 4.61. The number of benzene rings is 1. The van der Waals surface area contributed by atoms with Crippen LogP contribution in [0.3, 0.4) is 0 Å². The molecule has 1 amide bonds. The second kappa shape index (κ2) is 7.25. The Morgan fingerprint density at radius 2 is 2.08 bits per heavy atom. The molecule has 0 spiro atoms. The number of carbonyl (C=O) groups is 1. The summed E-state index contributed by atoms with van der Waals surface area (Å²) in [5.41, 5.74) is 2.74. The average molecular weight is 364 g/mol. The number of nitrogens with one attached hydrogen (secondary N) is 1. The lowest BCUT2D eigenvalue weighted by molar-refractivity contribution is 0.0936. The van der Waals surface area contributed by atoms with Crippen molar-refractivity contribution in [3.63, 3.8) is 0 Å². The Kier molecular flexibility index (Phi) is 4.67. The van der Waals surface area contributed by atoms with Crippen molar-refractivity contribution in [1.29, 1.82) is 0 Å². The molecule has 2 aromatic heterocycles. The van der Waals surface area contributed by atoms with Gasteiger partial charge < -0.3 is 10.2 Å². The summed E-state index contributed by atoms with van der Waals surface area (Å²) < 4.78 is 0. The van der Waals surface area contributed by atoms with Gasteiger partial charge in [0, 0.05) is 36.3 Å². The predicted octanol–water partition coefficient (Wildman–Crippen LogP) is 3.52. The van der Waals surface area contributed by atoms with E-state index in [0.29, 0.717) is 5.69 Å². The first-order chi connectivity index (χ1) is 12.7. The van der Waals surface area contributed by atoms with Crippen molar-refractivity contribution < 1.29 is 4.79 Å². The van der Waals surface area contributed by atoms with Gasteiger partial charge in [-0.15, -0.1) is 11.3 Å². The summed E-state index contributed by atoms with van der Waals surface area (Å²) in [5, 5.41) is 5.83. The van der Waals surface area contributed by atoms with E-state index in [1.165, 1.54) is 11.3 Å². The van der Waals surface area contributed by atoms with Crippen molar-refractivity contribution in [2.24, 2.45) is 0 Å². The van der Waals surface area contributed by atoms with Crippen molar-refractivity contribution in [2.45, 2.75) is 19.4 Å². The van der Waals surface area contributed by atoms with Gasteiger partial charge in [0.1, 0.15) is 16.5 Å². The summed E-state index contributed by atoms with van der Waals surface area (Å²) in [7, 11) is 0. The normalized spacial score (nSPS) is 16.7. The number of aromatic nitrogens is 2. The molecule has 1 aromatic carbocycles. The van der Waals surface area contributed by atoms with Gasteiger partial charge in [0.05, 0.1) is 0 Å². The molecule has 1 aliphatic rings. The zero-order valence-electron chi connectivity index (χ0n) is 14.6. The van der Waals surface area contributed by atoms with E-state index in [2.05, 4.69) is 33.2 Å². The monoisotopic (exact) mass is 364 g/mol. The van der Waals surface area contributed by atoms with E-state index in [-0.39, 0.29) is 11.9 Å². The topological polar surface area (TPSA) is 58.1 Å². The molecule has 3 aromatic rings. The van der Waals surface area contributed by atoms with E-state index in [0.717, 1.165) is 41.5 Å². The molecule has 1 saturated heterocycles. The number of nitrogens with zero attached hydrogens (tertiary/aromatic N) is 3. The first-order valence-electron chi connectivity index (χ1n) is 8.69. The average Bonchev–Trinajstić information content (AvgIpc) is 3.33. The number of hydrogen-bond acceptors (Lipinski definition) is 5. The lowest BCUT2D eigenvalue weighted by atomic mass is 10.1. The molecule has 26 heavy (non-hydrogen) atoms. The van der Waals surface area contributed by atoms with Crippen molar-refractivity contribution in [3.05, 3.63) is 65.3 Å². The highest BCUT2D eigenvalue weighted by atomic mass is 32.1. The summed E-state index contributed by atoms with van der Waals surface area (Å²) >= 11 is 1.51. The molecule has 0 aliphatic carbocycles. The van der Waals surface area contributed by atoms with Gasteiger partial charge in [0.2, 0.25) is 0 Å². The summed E-state index contributed by atoms with van der Waals surface area (Å²) in [5.74, 6) is 0.855. The molecule has 5 nitrogen and oxygen atoms in total. The molecular formula is C20H20N4OS. The first kappa shape index (κ1) is 16.7. The van der Waals surface area contributed by atoms with Crippen molar-refractivity contribution in [2.75, 3.05) is 18.0 Å². The lowest BCUT2D eigenvalue weighted by Gasteiger charge is -2.17. The van der Waals surface area contributed by atoms with Gasteiger partial charge in [-0.25, -0.2) is 9.97 Å². The van der Waals surface area contributed by atoms with E-state index in [1.807, 2.05) is 41.8 Å². The number of rotatable bonds is 4. The van der Waals surface area contributed by atoms with E-state index in [4.69, 9.17) is 0 Å². The van der Waals surface area contributed by atoms with Crippen LogP contribution in [0.1, 0.15) is 22.5 Å². The number of thiazole rings is 1. The fraction of sp³-hybridized carbons (Fsp3) is 0.250. The minimum atomic E-state index is -0.103. The molecule has 1 unspecified atom stereocenters. The number of pyridine rings is 1. The van der Waals surface area contributed by atoms with Gasteiger partial charge in [-0.2, -0.15) is 0 Å². The van der Waals surface area contributed by atoms with Crippen LogP contribution >= 0.6 is 11.3 Å². The van der Waals surface area contributed by atoms with Crippen LogP contribution < -0.4 is 10.2 Å². The van der Waals surface area contributed by atoms with E-state index in [9.17, 15) is 4.79 Å². The Bertz CT molecular complexity index is 909. The maximum absolute atomic E-state index is 12.6. The van der Waals surface area contributed by atoms with E-state index in [1.54, 1.807) is 6.20 Å². The summed E-state index contributed by atoms with van der Waals surface area (Å²) in [6.07, 6.45) is 2.71. The van der Waals surface area contributed by atoms with Crippen molar-refractivity contribution in [3.8, 4) is 10.6 Å². The van der Waals surface area contributed by atoms with Gasteiger partial charge in [0.15, 0.2) is 0 Å². The summed E-state index contributed by atoms with van der Waals surface area (Å²) in [6.45, 7) is 3.73. The summed E-state index contributed by atoms with van der Waals surface area (Å²) in [4.78, 5) is 23.7. The van der Waals surface area contributed by atoms with Crippen LogP contribution in [0.25, 0.3) is 10.6 Å². The zero-order valence-corrected chi connectivity index (χ0v) is 15.4. The molecule has 6 heteroatoms. The Balaban J connectivity index is 1.41. The van der Waals surface area contributed by atoms with Crippen LogP contribution in [0.15, 0.2) is 54.0 Å². The van der Waals surface area contributed by atoms with Gasteiger partial charge >= 0.3 is 0 Å². The highest BCUT2D eigenvalue weighted by Gasteiger charge is 2.25. The Labute approximate surface area is 156 Å². The quantitative estimate of drug-likeness (QED) is 0.769. The fourth-order valence-electron chi connectivity index (χ4n) is 3.20. The minimum absolute atomic E-state index is 0.103. The molecule has 132 valence electrons. The van der Waals surface area contributed by atoms with Crippen LogP contribution in [-0.4, -0.2) is 35.0 Å². The number of carbonyl (C=O) groups excluding carboxylic acids is 1. The molecular weight excluding hydrogens is 344 g/mol. The standard InChI is InChI=1S/C20H20N4OS/c1-14-6-2-3-7-16(14)20-23-17(13-26-20)19(25)22-15-9-11-24(12-15)18-8-4-5-10-21-18/h2-8,10,13,15H,9,11-12H2,1H3,(H,22,25). The Hall–Kier alpha value is -2.73. The van der Waals surface area contributed by atoms with E-state index >= 15 is 0 Å². The van der Waals surface area contributed by atoms with Gasteiger partial charge in [-0.1, -0.05) is 30.3 Å². The van der Waals surface area contributed by atoms with Crippen LogP contribution in [0.4, 0.5) is 5.82 Å². The molecule has 1 atom stereocenters. The highest BCUT2D eigenvalue weighted by molar-refractivity contribution is 7.13. The van der Waals surface area contributed by atoms with Crippen LogP contribution in [0.2, 0.25) is 0 Å². The minimum Gasteiger partial charge on any atom is -0.354 e. The molecule has 4 rings (SSSR count). The maximum atomic E-state index is 12.6. The molecule has 0 saturated carbocycles. The fourth-order valence-corrected chi connectivity index (χ4v) is 4.09. The highest BCUT2D eigenvalue weighted by Crippen LogP contribution is 2.26. The van der Waals surface area contributed by atoms with Crippen LogP contribution in [0, 0.1) is 6.92 Å². The number of amides is 1. The zero-order chi connectivity index (χ0) is 17.9. The van der Waals surface area contributed by atoms with E-state index < -0.39 is 0 Å². The van der Waals surface area contributed by atoms with Crippen molar-refractivity contribution in [1.82, 2.24) is 15.3 Å². The van der Waals surface area contributed by atoms with Crippen LogP contribution in [0.5, 0.6) is 0 Å². The third-order valence-corrected chi connectivity index (χ3v) is 5.48. The lowest BCUT2D eigenvalue weighted by Crippen LogP contribution is -2.37. The number of aryl methyl sites for hydroxylation is 1. The Morgan fingerprint density at radius 3 is 2.88 bits per heavy atom. The Morgan fingerprint density at radius 1 is 1.23 bits per heavy atom. The SMILES string of the molecule is Cc1ccccc1-c1nc(C(=O)NC2CCN(c3ccccn3)C2)cs1. The first-order valence-corrected chi connectivity index (χ1v) is 9.57. The van der Waals surface area contributed by atoms with Gasteiger partial charge in [-0.3, -0.25) is 4.79 Å². The molecule has 1 N–H and O–H groups in total. The number of anilines is 1. The molecule has 1 aliphatic heterocycles. The third kappa shape index (κ3) is 3.46. The second-order valence-corrected chi connectivity index (χ2v) is 7.30. The second-order valence-electron chi connectivity index (χ2n) is 6.45. The van der Waals surface area contributed by atoms with Crippen molar-refractivity contribution >= 4 is 23.1 Å². The van der Waals surface area contributed by atoms with Crippen LogP contribution in [-0.2, 0) is 0 Å². The van der Waals surface area contributed by atoms with Gasteiger partial charge in [-0.05, 0) is 31.0 Å². The number of hydrogen-bond donors (Lipinski definition) is 1. The predicted molar refractivity (Wildman–Crippen MR) is 105 cm³/mol. The van der Waals surface area contributed by atoms with Gasteiger partial charge in [0.25, 0.3) is 5.91 Å². The smallest absolute Gasteiger partial charge is 0.271 e. The largest absolute Gasteiger partial charge is 0.354 e. The molecule has 3 heterocycles. The molecule has 0 radical (unpaired) electrons. The molecule has 1 fully saturated rings. The molecule has 0 bridgehead atoms. The maximum Gasteiger partial charge on any atom is 0.271 e.